The van der Waals surface area contributed by atoms with Crippen molar-refractivity contribution in [3.63, 3.8) is 0 Å². The lowest BCUT2D eigenvalue weighted by Gasteiger charge is -2.37. The molecular formula is C21H26FN3O3S. The van der Waals surface area contributed by atoms with Gasteiger partial charge in [-0.25, -0.2) is 12.8 Å². The summed E-state index contributed by atoms with van der Waals surface area (Å²) in [4.78, 5) is 14.8. The molecule has 6 nitrogen and oxygen atoms in total. The van der Waals surface area contributed by atoms with Crippen molar-refractivity contribution in [2.75, 3.05) is 31.5 Å². The van der Waals surface area contributed by atoms with E-state index >= 15 is 0 Å². The summed E-state index contributed by atoms with van der Waals surface area (Å²) in [6.07, 6.45) is 0. The molecule has 1 heterocycles. The van der Waals surface area contributed by atoms with Gasteiger partial charge >= 0.3 is 0 Å². The molecule has 0 spiro atoms. The van der Waals surface area contributed by atoms with Crippen LogP contribution in [0.2, 0.25) is 0 Å². The summed E-state index contributed by atoms with van der Waals surface area (Å²) in [5, 5.41) is 2.71. The summed E-state index contributed by atoms with van der Waals surface area (Å²) in [7, 11) is -3.57. The molecule has 0 saturated carbocycles. The Bertz CT molecular complexity index is 1000. The van der Waals surface area contributed by atoms with E-state index in [9.17, 15) is 17.6 Å². The van der Waals surface area contributed by atoms with Crippen molar-refractivity contribution >= 4 is 21.6 Å². The summed E-state index contributed by atoms with van der Waals surface area (Å²) in [5.41, 5.74) is 2.02. The lowest BCUT2D eigenvalue weighted by Crippen LogP contribution is -2.54. The molecule has 1 fully saturated rings. The molecule has 0 radical (unpaired) electrons. The quantitative estimate of drug-likeness (QED) is 0.809. The van der Waals surface area contributed by atoms with Gasteiger partial charge < -0.3 is 5.32 Å². The van der Waals surface area contributed by atoms with Crippen LogP contribution in [-0.2, 0) is 14.8 Å². The smallest absolute Gasteiger partial charge is 0.243 e. The van der Waals surface area contributed by atoms with Gasteiger partial charge in [0.2, 0.25) is 15.9 Å². The highest BCUT2D eigenvalue weighted by Crippen LogP contribution is 2.23. The van der Waals surface area contributed by atoms with Crippen molar-refractivity contribution in [3.05, 3.63) is 59.4 Å². The van der Waals surface area contributed by atoms with Crippen LogP contribution in [0.15, 0.2) is 47.4 Å². The number of sulfonamides is 1. The molecule has 0 bridgehead atoms. The van der Waals surface area contributed by atoms with Gasteiger partial charge in [0, 0.05) is 31.9 Å². The summed E-state index contributed by atoms with van der Waals surface area (Å²) < 4.78 is 40.8. The second-order valence-corrected chi connectivity index (χ2v) is 9.29. The number of hydrogen-bond acceptors (Lipinski definition) is 4. The minimum Gasteiger partial charge on any atom is -0.325 e. The zero-order valence-electron chi connectivity index (χ0n) is 16.9. The zero-order chi connectivity index (χ0) is 21.2. The van der Waals surface area contributed by atoms with Crippen LogP contribution in [0.1, 0.15) is 18.1 Å². The summed E-state index contributed by atoms with van der Waals surface area (Å²) in [6.45, 7) is 6.95. The summed E-state index contributed by atoms with van der Waals surface area (Å²) >= 11 is 0. The summed E-state index contributed by atoms with van der Waals surface area (Å²) in [5.74, 6) is -0.665. The number of nitrogens with zero attached hydrogens (tertiary/aromatic N) is 2. The van der Waals surface area contributed by atoms with Crippen LogP contribution in [0.5, 0.6) is 0 Å². The highest BCUT2D eigenvalue weighted by Gasteiger charge is 2.32. The number of halogens is 1. The van der Waals surface area contributed by atoms with Crippen LogP contribution < -0.4 is 5.32 Å². The molecule has 8 heteroatoms. The Morgan fingerprint density at radius 3 is 2.41 bits per heavy atom. The maximum Gasteiger partial charge on any atom is 0.243 e. The van der Waals surface area contributed by atoms with Gasteiger partial charge in [-0.3, -0.25) is 9.69 Å². The number of piperazine rings is 1. The van der Waals surface area contributed by atoms with Gasteiger partial charge in [-0.2, -0.15) is 4.31 Å². The van der Waals surface area contributed by atoms with Gasteiger partial charge in [-0.15, -0.1) is 0 Å². The van der Waals surface area contributed by atoms with E-state index in [0.717, 1.165) is 11.1 Å². The molecular weight excluding hydrogens is 393 g/mol. The van der Waals surface area contributed by atoms with Crippen molar-refractivity contribution in [1.29, 1.82) is 0 Å². The van der Waals surface area contributed by atoms with E-state index in [1.165, 1.54) is 22.5 Å². The van der Waals surface area contributed by atoms with Crippen molar-refractivity contribution in [2.45, 2.75) is 31.7 Å². The van der Waals surface area contributed by atoms with Gasteiger partial charge in [0.15, 0.2) is 0 Å². The fourth-order valence-electron chi connectivity index (χ4n) is 3.43. The largest absolute Gasteiger partial charge is 0.325 e. The van der Waals surface area contributed by atoms with Crippen molar-refractivity contribution < 1.29 is 17.6 Å². The van der Waals surface area contributed by atoms with Gasteiger partial charge in [0.1, 0.15) is 5.82 Å². The predicted octanol–water partition coefficient (Wildman–Crippen LogP) is 2.78. The predicted molar refractivity (Wildman–Crippen MR) is 111 cm³/mol. The molecule has 29 heavy (non-hydrogen) atoms. The standard InChI is InChI=1S/C21H26FN3O3S/c1-15-7-8-16(2)20(13-15)29(27,28)25-11-9-24(10-12-25)17(3)21(26)23-19-6-4-5-18(22)14-19/h4-8,13-14,17H,9-12H2,1-3H3,(H,23,26). The monoisotopic (exact) mass is 419 g/mol. The average molecular weight is 420 g/mol. The second-order valence-electron chi connectivity index (χ2n) is 7.38. The van der Waals surface area contributed by atoms with Crippen LogP contribution in [-0.4, -0.2) is 55.8 Å². The molecule has 2 aromatic carbocycles. The van der Waals surface area contributed by atoms with E-state index in [0.29, 0.717) is 36.8 Å². The third kappa shape index (κ3) is 4.83. The van der Waals surface area contributed by atoms with Crippen LogP contribution >= 0.6 is 0 Å². The third-order valence-electron chi connectivity index (χ3n) is 5.25. The van der Waals surface area contributed by atoms with E-state index in [4.69, 9.17) is 0 Å². The van der Waals surface area contributed by atoms with Gasteiger partial charge in [0.25, 0.3) is 0 Å². The highest BCUT2D eigenvalue weighted by atomic mass is 32.2. The number of aryl methyl sites for hydroxylation is 2. The first-order valence-electron chi connectivity index (χ1n) is 9.56. The van der Waals surface area contributed by atoms with Crippen LogP contribution in [0.25, 0.3) is 0 Å². The third-order valence-corrected chi connectivity index (χ3v) is 7.29. The molecule has 0 aromatic heterocycles. The number of rotatable bonds is 5. The number of hydrogen-bond donors (Lipinski definition) is 1. The number of nitrogens with one attached hydrogen (secondary N) is 1. The fraction of sp³-hybridized carbons (Fsp3) is 0.381. The Morgan fingerprint density at radius 1 is 1.07 bits per heavy atom. The molecule has 1 N–H and O–H groups in total. The number of amides is 1. The normalized spacial score (nSPS) is 17.1. The second kappa shape index (κ2) is 8.61. The molecule has 0 aliphatic carbocycles. The Morgan fingerprint density at radius 2 is 1.76 bits per heavy atom. The fourth-order valence-corrected chi connectivity index (χ4v) is 5.17. The number of carbonyl (C=O) groups excluding carboxylic acids is 1. The molecule has 1 saturated heterocycles. The molecule has 1 unspecified atom stereocenters. The molecule has 2 aromatic rings. The van der Waals surface area contributed by atoms with E-state index in [2.05, 4.69) is 5.32 Å². The van der Waals surface area contributed by atoms with Crippen molar-refractivity contribution in [3.8, 4) is 0 Å². The highest BCUT2D eigenvalue weighted by molar-refractivity contribution is 7.89. The maximum absolute atomic E-state index is 13.3. The van der Waals surface area contributed by atoms with E-state index < -0.39 is 21.9 Å². The van der Waals surface area contributed by atoms with Crippen LogP contribution in [0.3, 0.4) is 0 Å². The minimum atomic E-state index is -3.57. The van der Waals surface area contributed by atoms with E-state index in [1.807, 2.05) is 24.0 Å². The van der Waals surface area contributed by atoms with Crippen LogP contribution in [0, 0.1) is 19.7 Å². The molecule has 156 valence electrons. The van der Waals surface area contributed by atoms with Crippen LogP contribution in [0.4, 0.5) is 10.1 Å². The SMILES string of the molecule is Cc1ccc(C)c(S(=O)(=O)N2CCN(C(C)C(=O)Nc3cccc(F)c3)CC2)c1. The molecule has 1 atom stereocenters. The van der Waals surface area contributed by atoms with Gasteiger partial charge in [-0.1, -0.05) is 18.2 Å². The van der Waals surface area contributed by atoms with Gasteiger partial charge in [0.05, 0.1) is 10.9 Å². The Kier molecular flexibility index (Phi) is 6.36. The molecule has 3 rings (SSSR count). The Balaban J connectivity index is 1.63. The summed E-state index contributed by atoms with van der Waals surface area (Å²) in [6, 6.07) is 10.7. The number of carbonyl (C=O) groups is 1. The maximum atomic E-state index is 13.3. The Hall–Kier alpha value is -2.29. The van der Waals surface area contributed by atoms with Crippen molar-refractivity contribution in [2.24, 2.45) is 0 Å². The molecule has 1 aliphatic rings. The first-order valence-corrected chi connectivity index (χ1v) is 11.0. The first-order chi connectivity index (χ1) is 13.7. The molecule has 1 amide bonds. The molecule has 1 aliphatic heterocycles. The first kappa shape index (κ1) is 21.4. The average Bonchev–Trinajstić information content (AvgIpc) is 2.69. The van der Waals surface area contributed by atoms with E-state index in [1.54, 1.807) is 26.0 Å². The minimum absolute atomic E-state index is 0.249. The zero-order valence-corrected chi connectivity index (χ0v) is 17.7. The van der Waals surface area contributed by atoms with Crippen molar-refractivity contribution in [1.82, 2.24) is 9.21 Å². The topological polar surface area (TPSA) is 69.7 Å². The lowest BCUT2D eigenvalue weighted by molar-refractivity contribution is -0.121. The number of anilines is 1. The lowest BCUT2D eigenvalue weighted by atomic mass is 10.2. The van der Waals surface area contributed by atoms with E-state index in [-0.39, 0.29) is 5.91 Å². The van der Waals surface area contributed by atoms with Gasteiger partial charge in [-0.05, 0) is 56.2 Å². The number of benzene rings is 2. The Labute approximate surface area is 171 Å².